The van der Waals surface area contributed by atoms with Crippen LogP contribution in [0.25, 0.3) is 0 Å². The first-order chi connectivity index (χ1) is 9.42. The lowest BCUT2D eigenvalue weighted by atomic mass is 9.93. The molecule has 0 saturated carbocycles. The highest BCUT2D eigenvalue weighted by Gasteiger charge is 2.24. The quantitative estimate of drug-likeness (QED) is 0.861. The van der Waals surface area contributed by atoms with Crippen LogP contribution in [0.1, 0.15) is 37.6 Å². The number of halogens is 2. The molecule has 2 N–H and O–H groups in total. The van der Waals surface area contributed by atoms with Crippen LogP contribution in [-0.2, 0) is 14.8 Å². The zero-order valence-corrected chi connectivity index (χ0v) is 12.8. The third kappa shape index (κ3) is 5.05. The Morgan fingerprint density at radius 1 is 1.29 bits per heavy atom. The number of esters is 1. The zero-order valence-electron chi connectivity index (χ0n) is 11.9. The number of carbonyl (C=O) groups excluding carboxylic acids is 1. The van der Waals surface area contributed by atoms with Gasteiger partial charge in [0.15, 0.2) is 5.82 Å². The Labute approximate surface area is 122 Å². The molecule has 1 aromatic rings. The fourth-order valence-corrected chi connectivity index (χ4v) is 2.08. The second kappa shape index (κ2) is 6.07. The molecular formula is C13H17F2NO4S. The number of sulfonamides is 1. The minimum Gasteiger partial charge on any atom is -0.462 e. The summed E-state index contributed by atoms with van der Waals surface area (Å²) in [7, 11) is -4.48. The van der Waals surface area contributed by atoms with Gasteiger partial charge in [-0.2, -0.15) is 0 Å². The van der Waals surface area contributed by atoms with Gasteiger partial charge < -0.3 is 4.74 Å². The van der Waals surface area contributed by atoms with Crippen molar-refractivity contribution in [3.05, 3.63) is 29.3 Å². The molecule has 21 heavy (non-hydrogen) atoms. The molecule has 118 valence electrons. The normalized spacial score (nSPS) is 12.3. The van der Waals surface area contributed by atoms with Gasteiger partial charge in [0.25, 0.3) is 0 Å². The summed E-state index contributed by atoms with van der Waals surface area (Å²) in [6.07, 6.45) is 0.512. The molecule has 0 amide bonds. The van der Waals surface area contributed by atoms with Gasteiger partial charge >= 0.3 is 5.97 Å². The van der Waals surface area contributed by atoms with Crippen molar-refractivity contribution in [1.29, 1.82) is 0 Å². The summed E-state index contributed by atoms with van der Waals surface area (Å²) in [4.78, 5) is 10.6. The Kier molecular flexibility index (Phi) is 5.06. The van der Waals surface area contributed by atoms with Crippen LogP contribution in [0.5, 0.6) is 0 Å². The smallest absolute Gasteiger partial charge is 0.341 e. The van der Waals surface area contributed by atoms with Crippen LogP contribution in [0.4, 0.5) is 8.78 Å². The zero-order chi connectivity index (χ0) is 16.4. The van der Waals surface area contributed by atoms with E-state index in [2.05, 4.69) is 0 Å². The lowest BCUT2D eigenvalue weighted by Gasteiger charge is -2.17. The molecule has 1 aromatic carbocycles. The van der Waals surface area contributed by atoms with Crippen molar-refractivity contribution < 1.29 is 26.7 Å². The Bertz CT molecular complexity index is 651. The van der Waals surface area contributed by atoms with E-state index in [1.54, 1.807) is 0 Å². The summed E-state index contributed by atoms with van der Waals surface area (Å²) in [5.41, 5.74) is -0.903. The van der Waals surface area contributed by atoms with Gasteiger partial charge in [-0.25, -0.2) is 27.1 Å². The topological polar surface area (TPSA) is 86.5 Å². The van der Waals surface area contributed by atoms with Crippen molar-refractivity contribution in [3.63, 3.8) is 0 Å². The summed E-state index contributed by atoms with van der Waals surface area (Å²) in [6, 6.07) is 0.986. The number of hydrogen-bond acceptors (Lipinski definition) is 4. The monoisotopic (exact) mass is 321 g/mol. The average Bonchev–Trinajstić information content (AvgIpc) is 2.28. The number of benzene rings is 1. The minimum absolute atomic E-state index is 0.00297. The van der Waals surface area contributed by atoms with Gasteiger partial charge in [-0.3, -0.25) is 0 Å². The van der Waals surface area contributed by atoms with Crippen molar-refractivity contribution in [2.45, 2.75) is 32.1 Å². The SMILES string of the molecule is CC(C)(C)CCOC(=O)c1cc(F)cc(S(N)(=O)=O)c1F. The van der Waals surface area contributed by atoms with Crippen molar-refractivity contribution >= 4 is 16.0 Å². The lowest BCUT2D eigenvalue weighted by Crippen LogP contribution is -2.19. The Morgan fingerprint density at radius 3 is 2.33 bits per heavy atom. The number of rotatable bonds is 4. The number of nitrogens with two attached hydrogens (primary N) is 1. The fourth-order valence-electron chi connectivity index (χ4n) is 1.45. The molecule has 0 bridgehead atoms. The number of ether oxygens (including phenoxy) is 1. The first-order valence-corrected chi connectivity index (χ1v) is 7.65. The van der Waals surface area contributed by atoms with E-state index in [-0.39, 0.29) is 12.0 Å². The van der Waals surface area contributed by atoms with Crippen molar-refractivity contribution in [1.82, 2.24) is 0 Å². The molecule has 0 aliphatic heterocycles. The molecule has 0 aliphatic carbocycles. The molecule has 0 spiro atoms. The third-order valence-corrected chi connectivity index (χ3v) is 3.53. The summed E-state index contributed by atoms with van der Waals surface area (Å²) in [5, 5.41) is 4.77. The van der Waals surface area contributed by atoms with Crippen LogP contribution < -0.4 is 5.14 Å². The van der Waals surface area contributed by atoms with E-state index in [1.807, 2.05) is 20.8 Å². The molecule has 0 fully saturated rings. The maximum absolute atomic E-state index is 13.9. The summed E-state index contributed by atoms with van der Waals surface area (Å²) >= 11 is 0. The molecule has 0 unspecified atom stereocenters. The van der Waals surface area contributed by atoms with Gasteiger partial charge in [0, 0.05) is 0 Å². The van der Waals surface area contributed by atoms with Crippen LogP contribution in [0.3, 0.4) is 0 Å². The predicted molar refractivity (Wildman–Crippen MR) is 72.1 cm³/mol. The van der Waals surface area contributed by atoms with Gasteiger partial charge in [0.2, 0.25) is 10.0 Å². The van der Waals surface area contributed by atoms with Gasteiger partial charge in [0.1, 0.15) is 10.7 Å². The first kappa shape index (κ1) is 17.5. The van der Waals surface area contributed by atoms with E-state index < -0.39 is 38.1 Å². The maximum Gasteiger partial charge on any atom is 0.341 e. The summed E-state index contributed by atoms with van der Waals surface area (Å²) < 4.78 is 54.4. The molecule has 5 nitrogen and oxygen atoms in total. The molecule has 0 radical (unpaired) electrons. The molecule has 8 heteroatoms. The van der Waals surface area contributed by atoms with Crippen LogP contribution in [0.15, 0.2) is 17.0 Å². The van der Waals surface area contributed by atoms with E-state index in [9.17, 15) is 22.0 Å². The molecule has 0 aromatic heterocycles. The summed E-state index contributed by atoms with van der Waals surface area (Å²) in [6.45, 7) is 5.76. The fraction of sp³-hybridized carbons (Fsp3) is 0.462. The lowest BCUT2D eigenvalue weighted by molar-refractivity contribution is 0.0458. The van der Waals surface area contributed by atoms with E-state index >= 15 is 0 Å². The minimum atomic E-state index is -4.48. The van der Waals surface area contributed by atoms with Crippen LogP contribution >= 0.6 is 0 Å². The third-order valence-electron chi connectivity index (χ3n) is 2.62. The Morgan fingerprint density at radius 2 is 1.86 bits per heavy atom. The van der Waals surface area contributed by atoms with Crippen LogP contribution in [-0.4, -0.2) is 21.0 Å². The molecular weight excluding hydrogens is 304 g/mol. The van der Waals surface area contributed by atoms with Gasteiger partial charge in [-0.05, 0) is 24.0 Å². The van der Waals surface area contributed by atoms with Crippen LogP contribution in [0.2, 0.25) is 0 Å². The molecule has 0 saturated heterocycles. The second-order valence-electron chi connectivity index (χ2n) is 5.76. The number of hydrogen-bond donors (Lipinski definition) is 1. The largest absolute Gasteiger partial charge is 0.462 e. The van der Waals surface area contributed by atoms with E-state index in [0.29, 0.717) is 18.6 Å². The highest BCUT2D eigenvalue weighted by atomic mass is 32.2. The first-order valence-electron chi connectivity index (χ1n) is 6.11. The van der Waals surface area contributed by atoms with E-state index in [1.165, 1.54) is 0 Å². The molecule has 1 rings (SSSR count). The van der Waals surface area contributed by atoms with Crippen LogP contribution in [0, 0.1) is 17.0 Å². The van der Waals surface area contributed by atoms with Crippen molar-refractivity contribution in [2.75, 3.05) is 6.61 Å². The molecule has 0 atom stereocenters. The van der Waals surface area contributed by atoms with Crippen molar-refractivity contribution in [2.24, 2.45) is 10.6 Å². The highest BCUT2D eigenvalue weighted by molar-refractivity contribution is 7.89. The van der Waals surface area contributed by atoms with Crippen molar-refractivity contribution in [3.8, 4) is 0 Å². The number of carbonyl (C=O) groups is 1. The number of primary sulfonamides is 1. The van der Waals surface area contributed by atoms with E-state index in [4.69, 9.17) is 9.88 Å². The van der Waals surface area contributed by atoms with Gasteiger partial charge in [-0.15, -0.1) is 0 Å². The average molecular weight is 321 g/mol. The maximum atomic E-state index is 13.9. The molecule has 0 aliphatic rings. The molecule has 0 heterocycles. The highest BCUT2D eigenvalue weighted by Crippen LogP contribution is 2.21. The predicted octanol–water partition coefficient (Wildman–Crippen LogP) is 2.21. The Hall–Kier alpha value is -1.54. The van der Waals surface area contributed by atoms with Gasteiger partial charge in [0.05, 0.1) is 12.2 Å². The van der Waals surface area contributed by atoms with Gasteiger partial charge in [-0.1, -0.05) is 20.8 Å². The Balaban J connectivity index is 3.03. The standard InChI is InChI=1S/C13H17F2NO4S/c1-13(2,3)4-5-20-12(17)9-6-8(14)7-10(11(9)15)21(16,18)19/h6-7H,4-5H2,1-3H3,(H2,16,18,19). The van der Waals surface area contributed by atoms with E-state index in [0.717, 1.165) is 0 Å². The summed E-state index contributed by atoms with van der Waals surface area (Å²) in [5.74, 6) is -3.65. The second-order valence-corrected chi connectivity index (χ2v) is 7.29.